The number of rotatable bonds is 10. The summed E-state index contributed by atoms with van der Waals surface area (Å²) in [5.74, 6) is -0.694. The van der Waals surface area contributed by atoms with Crippen LogP contribution in [0.1, 0.15) is 35.1 Å². The van der Waals surface area contributed by atoms with Gasteiger partial charge in [-0.2, -0.15) is 0 Å². The zero-order valence-corrected chi connectivity index (χ0v) is 22.5. The van der Waals surface area contributed by atoms with Crippen LogP contribution < -0.4 is 49.6 Å². The quantitative estimate of drug-likeness (QED) is 0.439. The van der Waals surface area contributed by atoms with Gasteiger partial charge in [-0.25, -0.2) is 4.39 Å². The van der Waals surface area contributed by atoms with Crippen LogP contribution in [0.2, 0.25) is 0 Å². The molecule has 3 aromatic rings. The number of benzene rings is 3. The van der Waals surface area contributed by atoms with Crippen molar-refractivity contribution < 1.29 is 48.6 Å². The molecule has 35 heavy (non-hydrogen) atoms. The molecule has 0 spiro atoms. The van der Waals surface area contributed by atoms with E-state index < -0.39 is 11.8 Å². The number of anilines is 2. The zero-order chi connectivity index (χ0) is 23.9. The Balaban J connectivity index is 0.00000342. The van der Waals surface area contributed by atoms with Crippen LogP contribution in [-0.2, 0) is 24.2 Å². The van der Waals surface area contributed by atoms with Crippen molar-refractivity contribution in [3.8, 4) is 5.75 Å². The summed E-state index contributed by atoms with van der Waals surface area (Å²) in [4.78, 5) is 13.1. The number of halogens is 1. The van der Waals surface area contributed by atoms with E-state index in [4.69, 9.17) is 4.74 Å². The number of hydrogen-bond donors (Lipinski definition) is 1. The van der Waals surface area contributed by atoms with Crippen LogP contribution in [0.25, 0.3) is 0 Å². The summed E-state index contributed by atoms with van der Waals surface area (Å²) in [5, 5.41) is 14.0. The van der Waals surface area contributed by atoms with Gasteiger partial charge in [-0.15, -0.1) is 0 Å². The van der Waals surface area contributed by atoms with Crippen molar-refractivity contribution in [2.24, 2.45) is 0 Å². The number of carboxylic acids is 1. The standard InChI is InChI=1S/C28H31FN2O3.Na/c1-20-9-10-22(19-30-23-13-11-21(26(29)18-23)12-14-27(32)33)25-8-5-15-31(28(20)25)16-17-34-24-6-3-2-4-7-24;/h2-4,6-7,9-11,13,18,30H,5,8,12,14-17,19H2,1H3,(H,32,33);/q;+1/p-1. The van der Waals surface area contributed by atoms with Crippen LogP contribution in [0.3, 0.4) is 0 Å². The summed E-state index contributed by atoms with van der Waals surface area (Å²) >= 11 is 0. The maximum atomic E-state index is 14.4. The van der Waals surface area contributed by atoms with E-state index in [1.807, 2.05) is 30.3 Å². The fourth-order valence-electron chi connectivity index (χ4n) is 4.55. The molecular weight excluding hydrogens is 454 g/mol. The molecule has 0 radical (unpaired) electrons. The van der Waals surface area contributed by atoms with Gasteiger partial charge < -0.3 is 24.9 Å². The first-order chi connectivity index (χ1) is 16.5. The normalized spacial score (nSPS) is 12.5. The third-order valence-electron chi connectivity index (χ3n) is 6.26. The van der Waals surface area contributed by atoms with Gasteiger partial charge in [0.15, 0.2) is 0 Å². The molecule has 0 bridgehead atoms. The fraction of sp³-hybridized carbons (Fsp3) is 0.321. The van der Waals surface area contributed by atoms with E-state index >= 15 is 0 Å². The van der Waals surface area contributed by atoms with Gasteiger partial charge in [0.05, 0.1) is 6.54 Å². The third kappa shape index (κ3) is 7.23. The molecule has 3 aromatic carbocycles. The molecule has 7 heteroatoms. The molecule has 0 unspecified atom stereocenters. The summed E-state index contributed by atoms with van der Waals surface area (Å²) in [6.45, 7) is 5.18. The van der Waals surface area contributed by atoms with Gasteiger partial charge in [-0.1, -0.05) is 36.4 Å². The van der Waals surface area contributed by atoms with E-state index in [9.17, 15) is 14.3 Å². The maximum absolute atomic E-state index is 14.4. The summed E-state index contributed by atoms with van der Waals surface area (Å²) in [6, 6.07) is 19.0. The minimum Gasteiger partial charge on any atom is -0.550 e. The maximum Gasteiger partial charge on any atom is 1.00 e. The van der Waals surface area contributed by atoms with E-state index in [0.29, 0.717) is 24.4 Å². The number of nitrogens with zero attached hydrogens (tertiary/aromatic N) is 1. The smallest absolute Gasteiger partial charge is 0.550 e. The second kappa shape index (κ2) is 13.0. The van der Waals surface area contributed by atoms with Crippen LogP contribution in [0, 0.1) is 12.7 Å². The SMILES string of the molecule is Cc1ccc(CNc2ccc(CCC(=O)[O-])c(F)c2)c2c1N(CCOc1ccccc1)CCC2.[Na+]. The van der Waals surface area contributed by atoms with Gasteiger partial charge in [0.25, 0.3) is 0 Å². The van der Waals surface area contributed by atoms with Crippen molar-refractivity contribution in [2.45, 2.75) is 39.2 Å². The Kier molecular flexibility index (Phi) is 10.0. The Morgan fingerprint density at radius 3 is 2.63 bits per heavy atom. The molecule has 0 saturated heterocycles. The molecule has 0 saturated carbocycles. The molecule has 1 N–H and O–H groups in total. The van der Waals surface area contributed by atoms with E-state index in [1.54, 1.807) is 12.1 Å². The number of carboxylic acid groups (broad SMARTS) is 1. The summed E-state index contributed by atoms with van der Waals surface area (Å²) in [6.07, 6.45) is 2.03. The molecule has 0 amide bonds. The second-order valence-electron chi connectivity index (χ2n) is 8.65. The minimum atomic E-state index is -1.17. The van der Waals surface area contributed by atoms with Gasteiger partial charge in [0.2, 0.25) is 0 Å². The minimum absolute atomic E-state index is 0. The molecule has 4 rings (SSSR count). The van der Waals surface area contributed by atoms with Gasteiger partial charge in [-0.05, 0) is 79.1 Å². The number of aryl methyl sites for hydroxylation is 2. The number of para-hydroxylation sites is 1. The number of ether oxygens (including phenoxy) is 1. The number of carbonyl (C=O) groups is 1. The van der Waals surface area contributed by atoms with Crippen molar-refractivity contribution in [1.29, 1.82) is 0 Å². The molecule has 1 heterocycles. The molecule has 178 valence electrons. The molecule has 0 aromatic heterocycles. The van der Waals surface area contributed by atoms with Crippen molar-refractivity contribution in [3.05, 3.63) is 88.7 Å². The Labute approximate surface area is 228 Å². The average molecular weight is 485 g/mol. The van der Waals surface area contributed by atoms with Crippen LogP contribution >= 0.6 is 0 Å². The van der Waals surface area contributed by atoms with Gasteiger partial charge in [-0.3, -0.25) is 0 Å². The Bertz CT molecular complexity index is 1140. The topological polar surface area (TPSA) is 64.6 Å². The fourth-order valence-corrected chi connectivity index (χ4v) is 4.55. The molecular formula is C28H30FN2NaO3. The van der Waals surface area contributed by atoms with Crippen LogP contribution in [0.4, 0.5) is 15.8 Å². The van der Waals surface area contributed by atoms with Crippen molar-refractivity contribution in [1.82, 2.24) is 0 Å². The first kappa shape index (κ1) is 27.1. The monoisotopic (exact) mass is 484 g/mol. The molecule has 0 aliphatic carbocycles. The summed E-state index contributed by atoms with van der Waals surface area (Å²) in [7, 11) is 0. The van der Waals surface area contributed by atoms with E-state index in [2.05, 4.69) is 29.3 Å². The van der Waals surface area contributed by atoms with E-state index in [1.165, 1.54) is 28.4 Å². The molecule has 1 aliphatic rings. The van der Waals surface area contributed by atoms with Crippen molar-refractivity contribution >= 4 is 17.3 Å². The summed E-state index contributed by atoms with van der Waals surface area (Å²) in [5.41, 5.74) is 6.14. The number of fused-ring (bicyclic) bond motifs is 1. The molecule has 1 aliphatic heterocycles. The van der Waals surface area contributed by atoms with Gasteiger partial charge >= 0.3 is 29.6 Å². The van der Waals surface area contributed by atoms with Crippen LogP contribution in [0.15, 0.2) is 60.7 Å². The van der Waals surface area contributed by atoms with E-state index in [0.717, 1.165) is 31.7 Å². The van der Waals surface area contributed by atoms with Crippen molar-refractivity contribution in [2.75, 3.05) is 29.9 Å². The Morgan fingerprint density at radius 2 is 1.89 bits per heavy atom. The molecule has 0 fully saturated rings. The summed E-state index contributed by atoms with van der Waals surface area (Å²) < 4.78 is 20.3. The predicted molar refractivity (Wildman–Crippen MR) is 131 cm³/mol. The first-order valence-corrected chi connectivity index (χ1v) is 11.8. The van der Waals surface area contributed by atoms with Gasteiger partial charge in [0, 0.05) is 30.4 Å². The zero-order valence-electron chi connectivity index (χ0n) is 20.5. The number of aliphatic carboxylic acids is 1. The Hall–Kier alpha value is -2.54. The first-order valence-electron chi connectivity index (χ1n) is 11.8. The second-order valence-corrected chi connectivity index (χ2v) is 8.65. The van der Waals surface area contributed by atoms with Crippen LogP contribution in [0.5, 0.6) is 5.75 Å². The number of hydrogen-bond acceptors (Lipinski definition) is 5. The number of nitrogens with one attached hydrogen (secondary N) is 1. The number of carbonyl (C=O) groups excluding carboxylic acids is 1. The Morgan fingerprint density at radius 1 is 1.11 bits per heavy atom. The largest absolute Gasteiger partial charge is 1.00 e. The van der Waals surface area contributed by atoms with Crippen molar-refractivity contribution in [3.63, 3.8) is 0 Å². The van der Waals surface area contributed by atoms with Gasteiger partial charge in [0.1, 0.15) is 18.2 Å². The predicted octanol–water partition coefficient (Wildman–Crippen LogP) is 1.26. The van der Waals surface area contributed by atoms with E-state index in [-0.39, 0.29) is 42.4 Å². The molecule has 5 nitrogen and oxygen atoms in total. The molecule has 0 atom stereocenters. The third-order valence-corrected chi connectivity index (χ3v) is 6.26. The average Bonchev–Trinajstić information content (AvgIpc) is 2.84. The van der Waals surface area contributed by atoms with Crippen LogP contribution in [-0.4, -0.2) is 25.7 Å².